The quantitative estimate of drug-likeness (QED) is 0.541. The van der Waals surface area contributed by atoms with E-state index in [4.69, 9.17) is 9.78 Å². The molecule has 121 valence electrons. The van der Waals surface area contributed by atoms with Crippen LogP contribution in [0.3, 0.4) is 0 Å². The van der Waals surface area contributed by atoms with Crippen LogP contribution in [0.5, 0.6) is 0 Å². The van der Waals surface area contributed by atoms with Crippen molar-refractivity contribution in [3.8, 4) is 0 Å². The van der Waals surface area contributed by atoms with Crippen molar-refractivity contribution in [2.75, 3.05) is 0 Å². The van der Waals surface area contributed by atoms with E-state index in [0.717, 1.165) is 25.4 Å². The molecule has 1 aromatic carbocycles. The Morgan fingerprint density at radius 3 is 2.59 bits per heavy atom. The normalized spacial score (nSPS) is 22.5. The van der Waals surface area contributed by atoms with Crippen LogP contribution in [0.1, 0.15) is 68.8 Å². The minimum atomic E-state index is -0.417. The van der Waals surface area contributed by atoms with E-state index in [-0.39, 0.29) is 0 Å². The smallest absolute Gasteiger partial charge is 0.292 e. The van der Waals surface area contributed by atoms with Crippen LogP contribution in [-0.2, 0) is 16.2 Å². The molecule has 1 saturated carbocycles. The summed E-state index contributed by atoms with van der Waals surface area (Å²) < 4.78 is 0. The molecule has 2 rings (SSSR count). The van der Waals surface area contributed by atoms with E-state index in [1.807, 2.05) is 24.3 Å². The van der Waals surface area contributed by atoms with Crippen LogP contribution in [0.2, 0.25) is 0 Å². The number of carbonyl (C=O) groups is 1. The van der Waals surface area contributed by atoms with Gasteiger partial charge in [-0.15, -0.1) is 0 Å². The Morgan fingerprint density at radius 2 is 1.91 bits per heavy atom. The zero-order chi connectivity index (χ0) is 15.9. The van der Waals surface area contributed by atoms with E-state index in [9.17, 15) is 4.79 Å². The van der Waals surface area contributed by atoms with Crippen LogP contribution in [0.25, 0.3) is 0 Å². The lowest BCUT2D eigenvalue weighted by molar-refractivity contribution is -0.248. The lowest BCUT2D eigenvalue weighted by Crippen LogP contribution is -2.23. The molecule has 0 bridgehead atoms. The van der Waals surface area contributed by atoms with Gasteiger partial charge in [-0.1, -0.05) is 45.7 Å². The Bertz CT molecular complexity index is 466. The van der Waals surface area contributed by atoms with Gasteiger partial charge in [0, 0.05) is 0 Å². The van der Waals surface area contributed by atoms with Gasteiger partial charge in [-0.05, 0) is 55.2 Å². The molecular weight excluding hydrogens is 276 g/mol. The molecule has 22 heavy (non-hydrogen) atoms. The predicted molar refractivity (Wildman–Crippen MR) is 87.0 cm³/mol. The van der Waals surface area contributed by atoms with Crippen molar-refractivity contribution < 1.29 is 14.6 Å². The number of benzene rings is 1. The highest BCUT2D eigenvalue weighted by molar-refractivity contribution is 5.88. The molecule has 0 saturated heterocycles. The lowest BCUT2D eigenvalue weighted by atomic mass is 9.82. The summed E-state index contributed by atoms with van der Waals surface area (Å²) in [5.74, 6) is 0.545. The molecule has 2 atom stereocenters. The van der Waals surface area contributed by atoms with Crippen LogP contribution in [-0.4, -0.2) is 5.97 Å². The zero-order valence-corrected chi connectivity index (χ0v) is 13.9. The molecule has 3 heteroatoms. The van der Waals surface area contributed by atoms with Crippen molar-refractivity contribution >= 4 is 5.97 Å². The first-order valence-corrected chi connectivity index (χ1v) is 8.43. The minimum absolute atomic E-state index is 0.361. The molecule has 1 radical (unpaired) electrons. The summed E-state index contributed by atoms with van der Waals surface area (Å²) in [6.07, 6.45) is 7.47. The molecule has 0 N–H and O–H groups in total. The fraction of sp³-hybridized carbons (Fsp3) is 0.579. The molecule has 0 heterocycles. The van der Waals surface area contributed by atoms with Crippen molar-refractivity contribution in [2.24, 2.45) is 11.8 Å². The molecule has 3 nitrogen and oxygen atoms in total. The van der Waals surface area contributed by atoms with Crippen molar-refractivity contribution in [1.29, 1.82) is 0 Å². The highest BCUT2D eigenvalue weighted by Crippen LogP contribution is 2.35. The van der Waals surface area contributed by atoms with E-state index in [2.05, 4.69) is 20.8 Å². The average molecular weight is 303 g/mol. The van der Waals surface area contributed by atoms with Crippen LogP contribution in [0.15, 0.2) is 24.3 Å². The van der Waals surface area contributed by atoms with E-state index in [1.165, 1.54) is 24.8 Å². The van der Waals surface area contributed by atoms with Crippen molar-refractivity contribution in [2.45, 2.75) is 59.3 Å². The average Bonchev–Trinajstić information content (AvgIpc) is 2.54. The molecule has 2 unspecified atom stereocenters. The van der Waals surface area contributed by atoms with Crippen molar-refractivity contribution in [3.63, 3.8) is 0 Å². The highest BCUT2D eigenvalue weighted by Gasteiger charge is 2.29. The standard InChI is InChI=1S/C19H27O3/c1-4-5-6-16-9-11-17(12-10-16)19(20)22-21-18-13-14(2)7-8-15(18)3/h9-12,14-15H,4-8,13H2,1-3H3. The second-order valence-corrected chi connectivity index (χ2v) is 6.51. The Balaban J connectivity index is 1.83. The maximum Gasteiger partial charge on any atom is 0.373 e. The number of hydrogen-bond acceptors (Lipinski definition) is 3. The molecule has 1 aromatic rings. The summed E-state index contributed by atoms with van der Waals surface area (Å²) in [6.45, 7) is 6.50. The summed E-state index contributed by atoms with van der Waals surface area (Å²) in [6, 6.07) is 7.61. The molecule has 0 amide bonds. The number of aryl methyl sites for hydroxylation is 1. The van der Waals surface area contributed by atoms with Gasteiger partial charge in [0.15, 0.2) is 6.10 Å². The summed E-state index contributed by atoms with van der Waals surface area (Å²) >= 11 is 0. The third kappa shape index (κ3) is 4.84. The first kappa shape index (κ1) is 17.0. The van der Waals surface area contributed by atoms with E-state index in [1.54, 1.807) is 0 Å². The van der Waals surface area contributed by atoms with Gasteiger partial charge in [0.2, 0.25) is 0 Å². The molecule has 0 aliphatic heterocycles. The Hall–Kier alpha value is -1.35. The Kier molecular flexibility index (Phi) is 6.44. The van der Waals surface area contributed by atoms with Crippen molar-refractivity contribution in [1.82, 2.24) is 0 Å². The van der Waals surface area contributed by atoms with E-state index >= 15 is 0 Å². The molecule has 0 aromatic heterocycles. The monoisotopic (exact) mass is 303 g/mol. The zero-order valence-electron chi connectivity index (χ0n) is 13.9. The summed E-state index contributed by atoms with van der Waals surface area (Å²) in [5.41, 5.74) is 1.79. The van der Waals surface area contributed by atoms with Crippen LogP contribution >= 0.6 is 0 Å². The van der Waals surface area contributed by atoms with Gasteiger partial charge < -0.3 is 0 Å². The fourth-order valence-corrected chi connectivity index (χ4v) is 2.79. The van der Waals surface area contributed by atoms with Gasteiger partial charge in [0.1, 0.15) is 0 Å². The topological polar surface area (TPSA) is 35.5 Å². The number of carbonyl (C=O) groups excluding carboxylic acids is 1. The highest BCUT2D eigenvalue weighted by atomic mass is 17.2. The first-order valence-electron chi connectivity index (χ1n) is 8.43. The van der Waals surface area contributed by atoms with Crippen LogP contribution in [0.4, 0.5) is 0 Å². The summed E-state index contributed by atoms with van der Waals surface area (Å²) in [5, 5.41) is 0. The van der Waals surface area contributed by atoms with Crippen LogP contribution in [0, 0.1) is 17.9 Å². The van der Waals surface area contributed by atoms with Gasteiger partial charge in [0.05, 0.1) is 5.56 Å². The molecular formula is C19H27O3. The maximum absolute atomic E-state index is 12.0. The van der Waals surface area contributed by atoms with Gasteiger partial charge in [-0.3, -0.25) is 4.89 Å². The molecule has 1 aliphatic carbocycles. The first-order chi connectivity index (χ1) is 10.6. The van der Waals surface area contributed by atoms with Gasteiger partial charge >= 0.3 is 5.97 Å². The SMILES string of the molecule is CCCCc1ccc(C(=O)OO[C]2CC(C)CCC2C)cc1. The van der Waals surface area contributed by atoms with Crippen LogP contribution < -0.4 is 0 Å². The third-order valence-electron chi connectivity index (χ3n) is 4.42. The lowest BCUT2D eigenvalue weighted by Gasteiger charge is -2.29. The predicted octanol–water partition coefficient (Wildman–Crippen LogP) is 5.11. The fourth-order valence-electron chi connectivity index (χ4n) is 2.79. The number of hydrogen-bond donors (Lipinski definition) is 0. The minimum Gasteiger partial charge on any atom is -0.292 e. The van der Waals surface area contributed by atoms with E-state index < -0.39 is 5.97 Å². The van der Waals surface area contributed by atoms with E-state index in [0.29, 0.717) is 17.4 Å². The number of rotatable bonds is 6. The Morgan fingerprint density at radius 1 is 1.18 bits per heavy atom. The van der Waals surface area contributed by atoms with Crippen molar-refractivity contribution in [3.05, 3.63) is 41.5 Å². The molecule has 1 aliphatic rings. The third-order valence-corrected chi connectivity index (χ3v) is 4.42. The molecule has 1 fully saturated rings. The molecule has 0 spiro atoms. The Labute approximate surface area is 133 Å². The van der Waals surface area contributed by atoms with Gasteiger partial charge in [-0.2, -0.15) is 4.89 Å². The summed E-state index contributed by atoms with van der Waals surface area (Å²) in [7, 11) is 0. The van der Waals surface area contributed by atoms with Gasteiger partial charge in [-0.25, -0.2) is 4.79 Å². The largest absolute Gasteiger partial charge is 0.373 e. The second kappa shape index (κ2) is 8.33. The number of unbranched alkanes of at least 4 members (excludes halogenated alkanes) is 1. The summed E-state index contributed by atoms with van der Waals surface area (Å²) in [4.78, 5) is 22.4. The second-order valence-electron chi connectivity index (χ2n) is 6.51. The van der Waals surface area contributed by atoms with Gasteiger partial charge in [0.25, 0.3) is 0 Å². The maximum atomic E-state index is 12.0.